The molecule has 0 spiro atoms. The lowest BCUT2D eigenvalue weighted by atomic mass is 9.99. The van der Waals surface area contributed by atoms with Crippen LogP contribution in [0.5, 0.6) is 0 Å². The molecule has 0 aliphatic rings. The number of hydrogen-bond acceptors (Lipinski definition) is 3. The first-order chi connectivity index (χ1) is 9.88. The van der Waals surface area contributed by atoms with Crippen molar-refractivity contribution in [3.05, 3.63) is 65.7 Å². The summed E-state index contributed by atoms with van der Waals surface area (Å²) in [4.78, 5) is 0.290. The van der Waals surface area contributed by atoms with Crippen molar-refractivity contribution in [3.8, 4) is 0 Å². The van der Waals surface area contributed by atoms with Crippen molar-refractivity contribution in [3.63, 3.8) is 0 Å². The molecule has 3 nitrogen and oxygen atoms in total. The van der Waals surface area contributed by atoms with Crippen molar-refractivity contribution in [2.75, 3.05) is 6.26 Å². The largest absolute Gasteiger partial charge is 0.389 e. The highest BCUT2D eigenvalue weighted by Gasteiger charge is 2.09. The van der Waals surface area contributed by atoms with Gasteiger partial charge in [0, 0.05) is 6.26 Å². The Hall–Kier alpha value is -1.91. The highest BCUT2D eigenvalue weighted by molar-refractivity contribution is 7.90. The molecule has 21 heavy (non-hydrogen) atoms. The minimum Gasteiger partial charge on any atom is -0.389 e. The van der Waals surface area contributed by atoms with E-state index in [1.165, 1.54) is 6.26 Å². The molecule has 2 rings (SSSR count). The van der Waals surface area contributed by atoms with Crippen molar-refractivity contribution >= 4 is 21.5 Å². The molecule has 0 aliphatic heterocycles. The van der Waals surface area contributed by atoms with Gasteiger partial charge in [0.2, 0.25) is 0 Å². The van der Waals surface area contributed by atoms with E-state index in [4.69, 9.17) is 0 Å². The number of benzene rings is 2. The summed E-state index contributed by atoms with van der Waals surface area (Å²) < 4.78 is 22.9. The van der Waals surface area contributed by atoms with Crippen LogP contribution in [-0.4, -0.2) is 25.9 Å². The van der Waals surface area contributed by atoms with Gasteiger partial charge in [-0.15, -0.1) is 0 Å². The first-order valence-electron chi connectivity index (χ1n) is 6.63. The van der Waals surface area contributed by atoms with Gasteiger partial charge in [-0.05, 0) is 41.8 Å². The molecule has 0 aromatic heterocycles. The summed E-state index contributed by atoms with van der Waals surface area (Å²) in [6, 6.07) is 16.2. The van der Waals surface area contributed by atoms with E-state index in [0.717, 1.165) is 16.7 Å². The summed E-state index contributed by atoms with van der Waals surface area (Å²) in [6.45, 7) is 1.71. The smallest absolute Gasteiger partial charge is 0.175 e. The standard InChI is InChI=1S/C17H18O3S/c1-13(18)17(15-6-4-3-5-7-15)12-14-8-10-16(11-9-14)21(2,19)20/h3-13,18H,1-2H3. The average Bonchev–Trinajstić information content (AvgIpc) is 2.45. The Labute approximate surface area is 125 Å². The Morgan fingerprint density at radius 2 is 1.62 bits per heavy atom. The Bertz CT molecular complexity index is 727. The van der Waals surface area contributed by atoms with E-state index >= 15 is 0 Å². The Kier molecular flexibility index (Phi) is 4.60. The van der Waals surface area contributed by atoms with E-state index in [0.29, 0.717) is 0 Å². The molecule has 0 saturated carbocycles. The lowest BCUT2D eigenvalue weighted by molar-refractivity contribution is 0.254. The molecule has 2 aromatic rings. The summed E-state index contributed by atoms with van der Waals surface area (Å²) in [5.74, 6) is 0. The molecule has 0 saturated heterocycles. The SMILES string of the molecule is CC(O)C(=Cc1ccc(S(C)(=O)=O)cc1)c1ccccc1. The molecule has 1 atom stereocenters. The first-order valence-corrected chi connectivity index (χ1v) is 8.52. The van der Waals surface area contributed by atoms with Crippen molar-refractivity contribution in [1.29, 1.82) is 0 Å². The second-order valence-electron chi connectivity index (χ2n) is 4.98. The fraction of sp³-hybridized carbons (Fsp3) is 0.176. The van der Waals surface area contributed by atoms with E-state index in [-0.39, 0.29) is 4.90 Å². The molecule has 1 N–H and O–H groups in total. The van der Waals surface area contributed by atoms with Gasteiger partial charge in [-0.1, -0.05) is 42.5 Å². The summed E-state index contributed by atoms with van der Waals surface area (Å²) in [7, 11) is -3.19. The summed E-state index contributed by atoms with van der Waals surface area (Å²) in [5.41, 5.74) is 2.59. The van der Waals surface area contributed by atoms with Gasteiger partial charge in [0.15, 0.2) is 9.84 Å². The van der Waals surface area contributed by atoms with Crippen molar-refractivity contribution in [2.45, 2.75) is 17.9 Å². The van der Waals surface area contributed by atoms with Crippen LogP contribution < -0.4 is 0 Å². The molecular weight excluding hydrogens is 284 g/mol. The number of aliphatic hydroxyl groups excluding tert-OH is 1. The summed E-state index contributed by atoms with van der Waals surface area (Å²) >= 11 is 0. The van der Waals surface area contributed by atoms with Gasteiger partial charge in [0.25, 0.3) is 0 Å². The molecule has 4 heteroatoms. The minimum absolute atomic E-state index is 0.290. The second-order valence-corrected chi connectivity index (χ2v) is 7.00. The van der Waals surface area contributed by atoms with Gasteiger partial charge in [-0.3, -0.25) is 0 Å². The van der Waals surface area contributed by atoms with Crippen LogP contribution in [0, 0.1) is 0 Å². The Morgan fingerprint density at radius 1 is 1.05 bits per heavy atom. The van der Waals surface area contributed by atoms with Crippen LogP contribution in [0.15, 0.2) is 59.5 Å². The van der Waals surface area contributed by atoms with Gasteiger partial charge in [0.1, 0.15) is 0 Å². The van der Waals surface area contributed by atoms with Gasteiger partial charge in [-0.2, -0.15) is 0 Å². The second kappa shape index (κ2) is 6.24. The maximum Gasteiger partial charge on any atom is 0.175 e. The maximum absolute atomic E-state index is 11.4. The van der Waals surface area contributed by atoms with E-state index in [9.17, 15) is 13.5 Å². The Balaban J connectivity index is 2.40. The molecule has 110 valence electrons. The topological polar surface area (TPSA) is 54.4 Å². The van der Waals surface area contributed by atoms with Crippen LogP contribution in [0.3, 0.4) is 0 Å². The molecule has 0 radical (unpaired) electrons. The first kappa shape index (κ1) is 15.5. The summed E-state index contributed by atoms with van der Waals surface area (Å²) in [6.07, 6.45) is 2.44. The lowest BCUT2D eigenvalue weighted by Crippen LogP contribution is -2.03. The van der Waals surface area contributed by atoms with E-state index < -0.39 is 15.9 Å². The van der Waals surface area contributed by atoms with Gasteiger partial charge in [-0.25, -0.2) is 8.42 Å². The van der Waals surface area contributed by atoms with Gasteiger partial charge in [0.05, 0.1) is 11.0 Å². The third-order valence-electron chi connectivity index (χ3n) is 3.19. The number of hydrogen-bond donors (Lipinski definition) is 1. The molecule has 1 unspecified atom stereocenters. The van der Waals surface area contributed by atoms with E-state index in [2.05, 4.69) is 0 Å². The van der Waals surface area contributed by atoms with Crippen molar-refractivity contribution in [2.24, 2.45) is 0 Å². The van der Waals surface area contributed by atoms with Crippen molar-refractivity contribution < 1.29 is 13.5 Å². The zero-order chi connectivity index (χ0) is 15.5. The zero-order valence-electron chi connectivity index (χ0n) is 12.0. The summed E-state index contributed by atoms with van der Waals surface area (Å²) in [5, 5.41) is 9.95. The van der Waals surface area contributed by atoms with E-state index in [1.54, 1.807) is 31.2 Å². The predicted octanol–water partition coefficient (Wildman–Crippen LogP) is 3.01. The third kappa shape index (κ3) is 4.03. The highest BCUT2D eigenvalue weighted by atomic mass is 32.2. The lowest BCUT2D eigenvalue weighted by Gasteiger charge is -2.11. The normalized spacial score (nSPS) is 14.0. The molecule has 0 aliphatic carbocycles. The average molecular weight is 302 g/mol. The molecule has 2 aromatic carbocycles. The fourth-order valence-electron chi connectivity index (χ4n) is 2.07. The minimum atomic E-state index is -3.19. The van der Waals surface area contributed by atoms with Crippen LogP contribution in [0.4, 0.5) is 0 Å². The monoisotopic (exact) mass is 302 g/mol. The predicted molar refractivity (Wildman–Crippen MR) is 85.5 cm³/mol. The molecule has 0 fully saturated rings. The van der Waals surface area contributed by atoms with Gasteiger partial charge < -0.3 is 5.11 Å². The molecular formula is C17H18O3S. The van der Waals surface area contributed by atoms with Crippen LogP contribution >= 0.6 is 0 Å². The van der Waals surface area contributed by atoms with Crippen LogP contribution in [0.1, 0.15) is 18.1 Å². The zero-order valence-corrected chi connectivity index (χ0v) is 12.8. The molecule has 0 amide bonds. The van der Waals surface area contributed by atoms with E-state index in [1.807, 2.05) is 36.4 Å². The quantitative estimate of drug-likeness (QED) is 0.883. The number of sulfone groups is 1. The number of rotatable bonds is 4. The van der Waals surface area contributed by atoms with Gasteiger partial charge >= 0.3 is 0 Å². The molecule has 0 bridgehead atoms. The van der Waals surface area contributed by atoms with Crippen LogP contribution in [-0.2, 0) is 9.84 Å². The fourth-order valence-corrected chi connectivity index (χ4v) is 2.70. The van der Waals surface area contributed by atoms with Crippen LogP contribution in [0.2, 0.25) is 0 Å². The molecule has 0 heterocycles. The number of aliphatic hydroxyl groups is 1. The highest BCUT2D eigenvalue weighted by Crippen LogP contribution is 2.22. The Morgan fingerprint density at radius 3 is 2.10 bits per heavy atom. The van der Waals surface area contributed by atoms with Crippen LogP contribution in [0.25, 0.3) is 11.6 Å². The van der Waals surface area contributed by atoms with Crippen molar-refractivity contribution in [1.82, 2.24) is 0 Å². The maximum atomic E-state index is 11.4. The third-order valence-corrected chi connectivity index (χ3v) is 4.32.